The number of hydrogen-bond acceptors (Lipinski definition) is 5. The number of rotatable bonds is 2. The molecule has 2 unspecified atom stereocenters. The predicted octanol–water partition coefficient (Wildman–Crippen LogP) is 2.15. The highest BCUT2D eigenvalue weighted by molar-refractivity contribution is 6.25. The molecule has 3 saturated heterocycles. The number of carbonyl (C=O) groups excluding carboxylic acids is 3. The molecule has 3 atom stereocenters. The van der Waals surface area contributed by atoms with Crippen LogP contribution in [0.15, 0.2) is 30.5 Å². The molecule has 148 valence electrons. The van der Waals surface area contributed by atoms with Crippen molar-refractivity contribution in [3.05, 3.63) is 41.9 Å². The maximum absolute atomic E-state index is 13.3. The van der Waals surface area contributed by atoms with Crippen LogP contribution in [-0.2, 0) is 9.53 Å². The van der Waals surface area contributed by atoms with Gasteiger partial charge in [-0.25, -0.2) is 14.5 Å². The fourth-order valence-corrected chi connectivity index (χ4v) is 4.71. The van der Waals surface area contributed by atoms with E-state index in [1.54, 1.807) is 29.2 Å². The summed E-state index contributed by atoms with van der Waals surface area (Å²) in [5, 5.41) is 1.17. The first kappa shape index (κ1) is 18.0. The highest BCUT2D eigenvalue weighted by Gasteiger charge is 2.63. The topological polar surface area (TPSA) is 87.4 Å². The van der Waals surface area contributed by atoms with Gasteiger partial charge in [-0.1, -0.05) is 36.8 Å². The van der Waals surface area contributed by atoms with E-state index < -0.39 is 30.1 Å². The van der Waals surface area contributed by atoms with Gasteiger partial charge in [0.2, 0.25) is 0 Å². The largest absolute Gasteiger partial charge is 0.436 e. The Hall–Kier alpha value is -4.11. The number of benzene rings is 1. The SMILES string of the molecule is [C-]#[N+]c1ncc(N2C(=O)[C@H]3C4CC(CN4C(=O)OCC#C)N3C2=O)c2ccccc12. The van der Waals surface area contributed by atoms with Crippen molar-refractivity contribution in [2.75, 3.05) is 18.1 Å². The molecule has 1 aromatic carbocycles. The van der Waals surface area contributed by atoms with E-state index in [4.69, 9.17) is 17.7 Å². The molecular formula is C21H15N5O4. The molecule has 0 spiro atoms. The number of carbonyl (C=O) groups is 3. The van der Waals surface area contributed by atoms with Gasteiger partial charge >= 0.3 is 12.1 Å². The lowest BCUT2D eigenvalue weighted by Gasteiger charge is -2.33. The average Bonchev–Trinajstić information content (AvgIpc) is 3.43. The maximum atomic E-state index is 13.3. The van der Waals surface area contributed by atoms with Crippen molar-refractivity contribution in [3.63, 3.8) is 0 Å². The van der Waals surface area contributed by atoms with E-state index in [2.05, 4.69) is 15.7 Å². The van der Waals surface area contributed by atoms with Crippen molar-refractivity contribution in [3.8, 4) is 12.3 Å². The van der Waals surface area contributed by atoms with Gasteiger partial charge in [0.05, 0.1) is 12.1 Å². The second kappa shape index (κ2) is 6.46. The summed E-state index contributed by atoms with van der Waals surface area (Å²) in [4.78, 5) is 50.6. The third kappa shape index (κ3) is 2.29. The normalized spacial score (nSPS) is 24.2. The summed E-state index contributed by atoms with van der Waals surface area (Å²) < 4.78 is 5.02. The minimum Gasteiger partial charge on any atom is -0.436 e. The molecule has 9 heteroatoms. The van der Waals surface area contributed by atoms with Gasteiger partial charge < -0.3 is 19.4 Å². The number of likely N-dealkylation sites (tertiary alicyclic amines) is 1. The van der Waals surface area contributed by atoms with Gasteiger partial charge in [0, 0.05) is 17.3 Å². The quantitative estimate of drug-likeness (QED) is 0.437. The highest BCUT2D eigenvalue weighted by atomic mass is 16.6. The number of fused-ring (bicyclic) bond motifs is 6. The Balaban J connectivity index is 1.52. The molecule has 0 radical (unpaired) electrons. The Morgan fingerprint density at radius 3 is 2.83 bits per heavy atom. The predicted molar refractivity (Wildman–Crippen MR) is 106 cm³/mol. The Bertz CT molecular complexity index is 1200. The number of ether oxygens (including phenoxy) is 1. The summed E-state index contributed by atoms with van der Waals surface area (Å²) in [6, 6.07) is 5.12. The summed E-state index contributed by atoms with van der Waals surface area (Å²) in [6.07, 6.45) is 6.47. The molecule has 1 aromatic heterocycles. The number of anilines is 1. The van der Waals surface area contributed by atoms with Crippen LogP contribution in [0.1, 0.15) is 6.42 Å². The zero-order valence-electron chi connectivity index (χ0n) is 15.7. The molecule has 2 aromatic rings. The molecule has 30 heavy (non-hydrogen) atoms. The van der Waals surface area contributed by atoms with Crippen molar-refractivity contribution in [2.24, 2.45) is 0 Å². The molecule has 4 heterocycles. The van der Waals surface area contributed by atoms with Crippen LogP contribution in [0.2, 0.25) is 0 Å². The minimum atomic E-state index is -0.770. The van der Waals surface area contributed by atoms with Gasteiger partial charge in [0.1, 0.15) is 17.9 Å². The number of terminal acetylenes is 1. The van der Waals surface area contributed by atoms with E-state index in [0.717, 1.165) is 4.90 Å². The van der Waals surface area contributed by atoms with Crippen LogP contribution in [0.25, 0.3) is 15.6 Å². The van der Waals surface area contributed by atoms with Crippen LogP contribution in [0, 0.1) is 18.9 Å². The lowest BCUT2D eigenvalue weighted by atomic mass is 10.1. The first-order chi connectivity index (χ1) is 14.6. The molecule has 9 nitrogen and oxygen atoms in total. The Kier molecular flexibility index (Phi) is 3.87. The number of pyridine rings is 1. The van der Waals surface area contributed by atoms with Crippen molar-refractivity contribution >= 4 is 40.3 Å². The first-order valence-corrected chi connectivity index (χ1v) is 9.35. The monoisotopic (exact) mass is 401 g/mol. The summed E-state index contributed by atoms with van der Waals surface area (Å²) in [6.45, 7) is 7.46. The van der Waals surface area contributed by atoms with Crippen LogP contribution in [0.5, 0.6) is 0 Å². The van der Waals surface area contributed by atoms with Crippen molar-refractivity contribution in [1.82, 2.24) is 14.8 Å². The van der Waals surface area contributed by atoms with E-state index in [1.165, 1.54) is 11.1 Å². The highest BCUT2D eigenvalue weighted by Crippen LogP contribution is 2.44. The smallest absolute Gasteiger partial charge is 0.411 e. The van der Waals surface area contributed by atoms with Gasteiger partial charge in [-0.3, -0.25) is 4.79 Å². The van der Waals surface area contributed by atoms with Crippen LogP contribution in [-0.4, -0.2) is 64.1 Å². The number of nitrogens with zero attached hydrogens (tertiary/aromatic N) is 5. The van der Waals surface area contributed by atoms with Gasteiger partial charge in [-0.2, -0.15) is 0 Å². The number of piperazine rings is 1. The van der Waals surface area contributed by atoms with Crippen LogP contribution in [0.4, 0.5) is 21.1 Å². The maximum Gasteiger partial charge on any atom is 0.411 e. The van der Waals surface area contributed by atoms with Crippen LogP contribution < -0.4 is 4.90 Å². The van der Waals surface area contributed by atoms with Gasteiger partial charge in [-0.15, -0.1) is 11.4 Å². The van der Waals surface area contributed by atoms with E-state index in [1.807, 2.05) is 0 Å². The third-order valence-corrected chi connectivity index (χ3v) is 5.88. The summed E-state index contributed by atoms with van der Waals surface area (Å²) in [5.41, 5.74) is 0.336. The van der Waals surface area contributed by atoms with Crippen LogP contribution >= 0.6 is 0 Å². The molecule has 3 aliphatic rings. The molecule has 0 saturated carbocycles. The average molecular weight is 401 g/mol. The molecule has 5 rings (SSSR count). The number of imide groups is 1. The van der Waals surface area contributed by atoms with E-state index in [0.29, 0.717) is 29.4 Å². The zero-order valence-corrected chi connectivity index (χ0v) is 15.7. The van der Waals surface area contributed by atoms with Gasteiger partial charge in [-0.05, 0) is 6.42 Å². The fourth-order valence-electron chi connectivity index (χ4n) is 4.71. The van der Waals surface area contributed by atoms with E-state index in [-0.39, 0.29) is 18.5 Å². The van der Waals surface area contributed by atoms with Crippen molar-refractivity contribution < 1.29 is 19.1 Å². The lowest BCUT2D eigenvalue weighted by molar-refractivity contribution is -0.121. The van der Waals surface area contributed by atoms with E-state index >= 15 is 0 Å². The van der Waals surface area contributed by atoms with Gasteiger partial charge in [0.25, 0.3) is 11.7 Å². The molecule has 2 bridgehead atoms. The molecule has 4 amide bonds. The lowest BCUT2D eigenvalue weighted by Crippen LogP contribution is -2.55. The molecule has 0 aliphatic carbocycles. The van der Waals surface area contributed by atoms with Crippen molar-refractivity contribution in [2.45, 2.75) is 24.5 Å². The van der Waals surface area contributed by atoms with Crippen molar-refractivity contribution in [1.29, 1.82) is 0 Å². The molecular weight excluding hydrogens is 386 g/mol. The Labute approximate surface area is 171 Å². The second-order valence-electron chi connectivity index (χ2n) is 7.30. The second-order valence-corrected chi connectivity index (χ2v) is 7.30. The number of hydrogen-bond donors (Lipinski definition) is 0. The zero-order chi connectivity index (χ0) is 21.0. The third-order valence-electron chi connectivity index (χ3n) is 5.88. The first-order valence-electron chi connectivity index (χ1n) is 9.35. The number of urea groups is 1. The fraction of sp³-hybridized carbons (Fsp3) is 0.286. The Morgan fingerprint density at radius 1 is 1.33 bits per heavy atom. The number of aromatic nitrogens is 1. The molecule has 0 N–H and O–H groups in total. The Morgan fingerprint density at radius 2 is 2.10 bits per heavy atom. The summed E-state index contributed by atoms with van der Waals surface area (Å²) in [7, 11) is 0. The minimum absolute atomic E-state index is 0.148. The van der Waals surface area contributed by atoms with E-state index in [9.17, 15) is 14.4 Å². The standard InChI is InChI=1S/C21H15N5O4/c1-3-8-30-21(29)24-11-12-9-15(24)17-19(27)26(20(28)25(12)17)16-10-23-18(22-2)14-7-5-4-6-13(14)16/h1,4-7,10,12,15,17H,8-9,11H2/t12?,15?,17-/m1/s1. The number of amides is 4. The summed E-state index contributed by atoms with van der Waals surface area (Å²) in [5.74, 6) is 2.04. The summed E-state index contributed by atoms with van der Waals surface area (Å²) >= 11 is 0. The molecule has 3 fully saturated rings. The molecule has 3 aliphatic heterocycles. The van der Waals surface area contributed by atoms with Crippen LogP contribution in [0.3, 0.4) is 0 Å². The van der Waals surface area contributed by atoms with Gasteiger partial charge in [0.15, 0.2) is 6.61 Å².